The Morgan fingerprint density at radius 3 is 2.15 bits per heavy atom. The van der Waals surface area contributed by atoms with E-state index >= 15 is 0 Å². The number of halogens is 6. The van der Waals surface area contributed by atoms with Crippen LogP contribution in [0.5, 0.6) is 11.8 Å². The van der Waals surface area contributed by atoms with E-state index in [-0.39, 0.29) is 12.1 Å². The highest BCUT2D eigenvalue weighted by Crippen LogP contribution is 2.42. The predicted octanol–water partition coefficient (Wildman–Crippen LogP) is 4.30. The number of rotatable bonds is 2. The van der Waals surface area contributed by atoms with Gasteiger partial charge in [0.05, 0.1) is 17.3 Å². The van der Waals surface area contributed by atoms with Crippen LogP contribution in [0.2, 0.25) is 0 Å². The van der Waals surface area contributed by atoms with Gasteiger partial charge in [-0.25, -0.2) is 0 Å². The Balaban J connectivity index is 2.44. The summed E-state index contributed by atoms with van der Waals surface area (Å²) < 4.78 is 84.7. The van der Waals surface area contributed by atoms with Crippen molar-refractivity contribution in [1.29, 1.82) is 0 Å². The zero-order chi connectivity index (χ0) is 15.0. The van der Waals surface area contributed by atoms with Crippen LogP contribution in [0.1, 0.15) is 11.1 Å². The molecule has 2 rings (SSSR count). The minimum Gasteiger partial charge on any atom is -0.411 e. The molecule has 3 nitrogen and oxygen atoms in total. The zero-order valence-corrected chi connectivity index (χ0v) is 9.34. The second kappa shape index (κ2) is 4.73. The van der Waals surface area contributed by atoms with Crippen molar-refractivity contribution >= 4 is 0 Å². The van der Waals surface area contributed by atoms with Gasteiger partial charge in [0.2, 0.25) is 0 Å². The lowest BCUT2D eigenvalue weighted by Gasteiger charge is -2.16. The molecule has 1 aromatic heterocycles. The number of oxazole rings is 1. The first-order valence-corrected chi connectivity index (χ1v) is 4.96. The summed E-state index contributed by atoms with van der Waals surface area (Å²) in [6.07, 6.45) is -7.57. The van der Waals surface area contributed by atoms with Gasteiger partial charge < -0.3 is 9.15 Å². The van der Waals surface area contributed by atoms with Gasteiger partial charge in [-0.15, -0.1) is 0 Å². The third kappa shape index (κ3) is 3.03. The van der Waals surface area contributed by atoms with Crippen LogP contribution in [-0.2, 0) is 12.4 Å². The molecule has 0 aliphatic carbocycles. The monoisotopic (exact) mass is 296 g/mol. The highest BCUT2D eigenvalue weighted by atomic mass is 19.4. The Bertz CT molecular complexity index is 588. The molecule has 1 heterocycles. The van der Waals surface area contributed by atoms with E-state index in [9.17, 15) is 26.3 Å². The van der Waals surface area contributed by atoms with Gasteiger partial charge in [0, 0.05) is 0 Å². The van der Waals surface area contributed by atoms with Crippen molar-refractivity contribution < 1.29 is 35.5 Å². The molecule has 20 heavy (non-hydrogen) atoms. The van der Waals surface area contributed by atoms with Crippen molar-refractivity contribution in [2.45, 2.75) is 12.4 Å². The molecular formula is C11H4F6NO2. The molecule has 0 N–H and O–H groups in total. The Labute approximate surface area is 107 Å². The summed E-state index contributed by atoms with van der Waals surface area (Å²) in [5, 5.41) is 0. The van der Waals surface area contributed by atoms with Crippen molar-refractivity contribution in [3.8, 4) is 11.8 Å². The highest BCUT2D eigenvalue weighted by Gasteiger charge is 2.43. The second-order valence-corrected chi connectivity index (χ2v) is 3.55. The van der Waals surface area contributed by atoms with E-state index in [4.69, 9.17) is 4.74 Å². The van der Waals surface area contributed by atoms with Gasteiger partial charge in [0.1, 0.15) is 5.75 Å². The number of nitrogens with zero attached hydrogens (tertiary/aromatic N) is 1. The smallest absolute Gasteiger partial charge is 0.411 e. The lowest BCUT2D eigenvalue weighted by Crippen LogP contribution is -2.16. The molecule has 0 fully saturated rings. The number of alkyl halides is 6. The topological polar surface area (TPSA) is 35.3 Å². The van der Waals surface area contributed by atoms with Crippen molar-refractivity contribution in [2.75, 3.05) is 0 Å². The molecule has 1 radical (unpaired) electrons. The lowest BCUT2D eigenvalue weighted by molar-refractivity contribution is -0.162. The largest absolute Gasteiger partial charge is 0.417 e. The number of benzene rings is 1. The van der Waals surface area contributed by atoms with Gasteiger partial charge in [0.25, 0.3) is 0 Å². The molecule has 107 valence electrons. The van der Waals surface area contributed by atoms with Gasteiger partial charge in [-0.3, -0.25) is 0 Å². The predicted molar refractivity (Wildman–Crippen MR) is 51.9 cm³/mol. The molecule has 9 heteroatoms. The minimum atomic E-state index is -5.17. The third-order valence-electron chi connectivity index (χ3n) is 2.18. The first kappa shape index (κ1) is 14.2. The summed E-state index contributed by atoms with van der Waals surface area (Å²) in [5.41, 5.74) is -3.64. The molecule has 0 atom stereocenters. The molecule has 0 spiro atoms. The van der Waals surface area contributed by atoms with E-state index in [0.717, 1.165) is 12.3 Å². The maximum Gasteiger partial charge on any atom is 0.417 e. The summed E-state index contributed by atoms with van der Waals surface area (Å²) in [7, 11) is 0. The standard InChI is InChI=1S/C11H4F6NO2/c12-10(13,14)7-2-1-6(5-8(7)11(15,16)17)20-9-18-3-4-19-9/h1-3,5H. The van der Waals surface area contributed by atoms with Crippen LogP contribution in [0.4, 0.5) is 26.3 Å². The van der Waals surface area contributed by atoms with E-state index in [2.05, 4.69) is 15.7 Å². The third-order valence-corrected chi connectivity index (χ3v) is 2.18. The van der Waals surface area contributed by atoms with Crippen molar-refractivity contribution in [3.05, 3.63) is 41.8 Å². The lowest BCUT2D eigenvalue weighted by atomic mass is 10.1. The van der Waals surface area contributed by atoms with Gasteiger partial charge in [-0.1, -0.05) is 0 Å². The number of hydrogen-bond acceptors (Lipinski definition) is 3. The molecule has 0 bridgehead atoms. The fourth-order valence-corrected chi connectivity index (χ4v) is 1.40. The van der Waals surface area contributed by atoms with Crippen LogP contribution in [0.3, 0.4) is 0 Å². The first-order chi connectivity index (χ1) is 9.18. The van der Waals surface area contributed by atoms with Crippen molar-refractivity contribution in [1.82, 2.24) is 4.98 Å². The molecule has 0 aliphatic rings. The second-order valence-electron chi connectivity index (χ2n) is 3.55. The molecule has 2 aromatic rings. The van der Waals surface area contributed by atoms with E-state index < -0.39 is 35.3 Å². The van der Waals surface area contributed by atoms with Gasteiger partial charge in [-0.05, 0) is 18.2 Å². The highest BCUT2D eigenvalue weighted by molar-refractivity contribution is 5.39. The number of hydrogen-bond donors (Lipinski definition) is 0. The molecular weight excluding hydrogens is 292 g/mol. The van der Waals surface area contributed by atoms with Crippen LogP contribution in [-0.4, -0.2) is 4.98 Å². The van der Waals surface area contributed by atoms with Gasteiger partial charge in [0.15, 0.2) is 6.26 Å². The van der Waals surface area contributed by atoms with E-state index in [1.807, 2.05) is 0 Å². The van der Waals surface area contributed by atoms with E-state index in [0.29, 0.717) is 0 Å². The van der Waals surface area contributed by atoms with Crippen LogP contribution < -0.4 is 4.74 Å². The average molecular weight is 296 g/mol. The molecule has 0 amide bonds. The fourth-order valence-electron chi connectivity index (χ4n) is 1.40. The fraction of sp³-hybridized carbons (Fsp3) is 0.182. The summed E-state index contributed by atoms with van der Waals surface area (Å²) in [6.45, 7) is 0. The Morgan fingerprint density at radius 2 is 1.65 bits per heavy atom. The molecule has 1 aromatic carbocycles. The molecule has 0 saturated carbocycles. The minimum absolute atomic E-state index is 0.229. The SMILES string of the molecule is FC(F)(F)c1ccc(Oc2nc[c]o2)cc1C(F)(F)F. The van der Waals surface area contributed by atoms with E-state index in [1.165, 1.54) is 0 Å². The Morgan fingerprint density at radius 1 is 1.00 bits per heavy atom. The molecule has 0 aliphatic heterocycles. The van der Waals surface area contributed by atoms with Crippen LogP contribution in [0, 0.1) is 6.26 Å². The Kier molecular flexibility index (Phi) is 3.36. The van der Waals surface area contributed by atoms with Crippen LogP contribution in [0.15, 0.2) is 28.8 Å². The van der Waals surface area contributed by atoms with Gasteiger partial charge in [-0.2, -0.15) is 31.3 Å². The first-order valence-electron chi connectivity index (χ1n) is 4.96. The maximum absolute atomic E-state index is 12.6. The summed E-state index contributed by atoms with van der Waals surface area (Å²) >= 11 is 0. The van der Waals surface area contributed by atoms with E-state index in [1.54, 1.807) is 0 Å². The van der Waals surface area contributed by atoms with Crippen molar-refractivity contribution in [3.63, 3.8) is 0 Å². The zero-order valence-electron chi connectivity index (χ0n) is 9.34. The summed E-state index contributed by atoms with van der Waals surface area (Å²) in [5.74, 6) is -0.485. The quantitative estimate of drug-likeness (QED) is 0.775. The summed E-state index contributed by atoms with van der Waals surface area (Å²) in [4.78, 5) is 3.43. The van der Waals surface area contributed by atoms with Gasteiger partial charge >= 0.3 is 18.4 Å². The maximum atomic E-state index is 12.6. The number of ether oxygens (including phenoxy) is 1. The number of aromatic nitrogens is 1. The molecule has 0 saturated heterocycles. The summed E-state index contributed by atoms with van der Waals surface area (Å²) in [6, 6.07) is 1.25. The van der Waals surface area contributed by atoms with Crippen LogP contribution >= 0.6 is 0 Å². The average Bonchev–Trinajstić information content (AvgIpc) is 2.79. The van der Waals surface area contributed by atoms with Crippen LogP contribution in [0.25, 0.3) is 0 Å². The Hall–Kier alpha value is -2.19. The normalized spacial score (nSPS) is 12.5. The molecule has 0 unspecified atom stereocenters. The van der Waals surface area contributed by atoms with Crippen molar-refractivity contribution in [2.24, 2.45) is 0 Å².